The van der Waals surface area contributed by atoms with Crippen LogP contribution < -0.4 is 16.2 Å². The summed E-state index contributed by atoms with van der Waals surface area (Å²) in [6.45, 7) is 3.09. The zero-order chi connectivity index (χ0) is 14.8. The van der Waals surface area contributed by atoms with Gasteiger partial charge in [0, 0.05) is 13.1 Å². The van der Waals surface area contributed by atoms with Crippen molar-refractivity contribution in [2.24, 2.45) is 5.41 Å². The number of carboxylic acid groups (broad SMARTS) is 1. The Bertz CT molecular complexity index is 547. The molecule has 4 N–H and O–H groups in total. The lowest BCUT2D eigenvalue weighted by Crippen LogP contribution is -2.45. The molecule has 0 atom stereocenters. The number of hydrogen-bond acceptors (Lipinski definition) is 5. The van der Waals surface area contributed by atoms with Crippen molar-refractivity contribution >= 4 is 17.5 Å². The van der Waals surface area contributed by atoms with Gasteiger partial charge in [0.15, 0.2) is 5.82 Å². The fourth-order valence-electron chi connectivity index (χ4n) is 2.85. The highest BCUT2D eigenvalue weighted by atomic mass is 16.4. The number of carbonyl (C=O) groups is 1. The lowest BCUT2D eigenvalue weighted by molar-refractivity contribution is -0.150. The molecule has 1 aromatic rings. The van der Waals surface area contributed by atoms with Crippen LogP contribution in [0.5, 0.6) is 0 Å². The van der Waals surface area contributed by atoms with Crippen molar-refractivity contribution in [1.82, 2.24) is 9.97 Å². The molecule has 1 fully saturated rings. The molecule has 7 heteroatoms. The van der Waals surface area contributed by atoms with Crippen molar-refractivity contribution < 1.29 is 9.90 Å². The highest BCUT2D eigenvalue weighted by Crippen LogP contribution is 2.37. The SMILES string of the molecule is CCCC1(C(=O)O)CCN(c2nc[nH]c(=O)c2N)CC1. The van der Waals surface area contributed by atoms with Crippen LogP contribution in [0, 0.1) is 5.41 Å². The minimum Gasteiger partial charge on any atom is -0.481 e. The molecule has 0 saturated carbocycles. The maximum atomic E-state index is 11.5. The summed E-state index contributed by atoms with van der Waals surface area (Å²) in [5.41, 5.74) is 4.81. The minimum absolute atomic E-state index is 0.0887. The van der Waals surface area contributed by atoms with E-state index in [1.807, 2.05) is 11.8 Å². The largest absolute Gasteiger partial charge is 0.481 e. The molecule has 0 spiro atoms. The second-order valence-corrected chi connectivity index (χ2v) is 5.29. The molecule has 1 saturated heterocycles. The molecule has 20 heavy (non-hydrogen) atoms. The third-order valence-electron chi connectivity index (χ3n) is 4.07. The van der Waals surface area contributed by atoms with E-state index in [1.54, 1.807) is 0 Å². The highest BCUT2D eigenvalue weighted by Gasteiger charge is 2.41. The van der Waals surface area contributed by atoms with Crippen LogP contribution in [0.15, 0.2) is 11.1 Å². The number of rotatable bonds is 4. The van der Waals surface area contributed by atoms with Crippen molar-refractivity contribution in [1.29, 1.82) is 0 Å². The molecule has 1 aliphatic rings. The van der Waals surface area contributed by atoms with Crippen LogP contribution in [0.4, 0.5) is 11.5 Å². The Kier molecular flexibility index (Phi) is 3.96. The Labute approximate surface area is 116 Å². The van der Waals surface area contributed by atoms with Crippen LogP contribution in [0.1, 0.15) is 32.6 Å². The van der Waals surface area contributed by atoms with E-state index in [-0.39, 0.29) is 11.2 Å². The van der Waals surface area contributed by atoms with Gasteiger partial charge in [-0.25, -0.2) is 4.98 Å². The Morgan fingerprint density at radius 1 is 1.55 bits per heavy atom. The van der Waals surface area contributed by atoms with Gasteiger partial charge in [-0.2, -0.15) is 0 Å². The van der Waals surface area contributed by atoms with Gasteiger partial charge in [0.2, 0.25) is 0 Å². The van der Waals surface area contributed by atoms with E-state index in [0.717, 1.165) is 6.42 Å². The molecule has 2 heterocycles. The Hall–Kier alpha value is -2.05. The summed E-state index contributed by atoms with van der Waals surface area (Å²) in [6, 6.07) is 0. The molecule has 0 amide bonds. The Balaban J connectivity index is 2.16. The van der Waals surface area contributed by atoms with E-state index >= 15 is 0 Å². The molecular formula is C13H20N4O3. The summed E-state index contributed by atoms with van der Waals surface area (Å²) in [7, 11) is 0. The van der Waals surface area contributed by atoms with E-state index in [9.17, 15) is 14.7 Å². The fraction of sp³-hybridized carbons (Fsp3) is 0.615. The van der Waals surface area contributed by atoms with Crippen LogP contribution >= 0.6 is 0 Å². The smallest absolute Gasteiger partial charge is 0.309 e. The van der Waals surface area contributed by atoms with Crippen molar-refractivity contribution in [3.05, 3.63) is 16.7 Å². The molecule has 1 aliphatic heterocycles. The first-order valence-electron chi connectivity index (χ1n) is 6.81. The maximum Gasteiger partial charge on any atom is 0.309 e. The Morgan fingerprint density at radius 2 is 2.20 bits per heavy atom. The van der Waals surface area contributed by atoms with Crippen LogP contribution in [-0.2, 0) is 4.79 Å². The number of anilines is 2. The minimum atomic E-state index is -0.731. The quantitative estimate of drug-likeness (QED) is 0.752. The van der Waals surface area contributed by atoms with Crippen molar-refractivity contribution in [3.63, 3.8) is 0 Å². The van der Waals surface area contributed by atoms with Crippen molar-refractivity contribution in [3.8, 4) is 0 Å². The fourth-order valence-corrected chi connectivity index (χ4v) is 2.85. The topological polar surface area (TPSA) is 112 Å². The van der Waals surface area contributed by atoms with Gasteiger partial charge in [0.25, 0.3) is 5.56 Å². The number of nitrogens with two attached hydrogens (primary N) is 1. The molecule has 0 aliphatic carbocycles. The number of nitrogen functional groups attached to an aromatic ring is 1. The zero-order valence-electron chi connectivity index (χ0n) is 11.6. The van der Waals surface area contributed by atoms with E-state index in [4.69, 9.17) is 5.73 Å². The summed E-state index contributed by atoms with van der Waals surface area (Å²) >= 11 is 0. The first kappa shape index (κ1) is 14.4. The van der Waals surface area contributed by atoms with Gasteiger partial charge in [-0.15, -0.1) is 0 Å². The van der Waals surface area contributed by atoms with Crippen LogP contribution in [-0.4, -0.2) is 34.1 Å². The number of H-pyrrole nitrogens is 1. The molecular weight excluding hydrogens is 260 g/mol. The number of aromatic amines is 1. The third-order valence-corrected chi connectivity index (χ3v) is 4.07. The lowest BCUT2D eigenvalue weighted by Gasteiger charge is -2.39. The normalized spacial score (nSPS) is 17.9. The standard InChI is InChI=1S/C13H20N4O3/c1-2-3-13(12(19)20)4-6-17(7-5-13)10-9(14)11(18)16-8-15-10/h8H,2-7,14H2,1H3,(H,19,20)(H,15,16,18). The van der Waals surface area contributed by atoms with Gasteiger partial charge >= 0.3 is 5.97 Å². The second-order valence-electron chi connectivity index (χ2n) is 5.29. The average Bonchev–Trinajstić information content (AvgIpc) is 2.43. The summed E-state index contributed by atoms with van der Waals surface area (Å²) in [5, 5.41) is 9.46. The van der Waals surface area contributed by atoms with Gasteiger partial charge in [0.1, 0.15) is 5.69 Å². The number of aliphatic carboxylic acids is 1. The summed E-state index contributed by atoms with van der Waals surface area (Å²) < 4.78 is 0. The maximum absolute atomic E-state index is 11.5. The van der Waals surface area contributed by atoms with Gasteiger partial charge in [-0.3, -0.25) is 9.59 Å². The molecule has 0 aromatic carbocycles. The highest BCUT2D eigenvalue weighted by molar-refractivity contribution is 5.75. The summed E-state index contributed by atoms with van der Waals surface area (Å²) in [5.74, 6) is -0.282. The monoisotopic (exact) mass is 280 g/mol. The lowest BCUT2D eigenvalue weighted by atomic mass is 9.75. The predicted octanol–water partition coefficient (Wildman–Crippen LogP) is 0.823. The number of piperidine rings is 1. The summed E-state index contributed by atoms with van der Waals surface area (Å²) in [4.78, 5) is 31.4. The third kappa shape index (κ3) is 2.48. The molecule has 0 unspecified atom stereocenters. The number of hydrogen-bond donors (Lipinski definition) is 3. The predicted molar refractivity (Wildman–Crippen MR) is 75.7 cm³/mol. The molecule has 110 valence electrons. The van der Waals surface area contributed by atoms with Crippen LogP contribution in [0.25, 0.3) is 0 Å². The van der Waals surface area contributed by atoms with Gasteiger partial charge in [-0.05, 0) is 19.3 Å². The Morgan fingerprint density at radius 3 is 2.75 bits per heavy atom. The van der Waals surface area contributed by atoms with Gasteiger partial charge in [-0.1, -0.05) is 13.3 Å². The molecule has 7 nitrogen and oxygen atoms in total. The van der Waals surface area contributed by atoms with Crippen molar-refractivity contribution in [2.45, 2.75) is 32.6 Å². The van der Waals surface area contributed by atoms with Crippen molar-refractivity contribution in [2.75, 3.05) is 23.7 Å². The van der Waals surface area contributed by atoms with Crippen LogP contribution in [0.2, 0.25) is 0 Å². The summed E-state index contributed by atoms with van der Waals surface area (Å²) in [6.07, 6.45) is 3.93. The van der Waals surface area contributed by atoms with E-state index in [2.05, 4.69) is 9.97 Å². The average molecular weight is 280 g/mol. The molecule has 0 radical (unpaired) electrons. The number of aromatic nitrogens is 2. The number of carboxylic acids is 1. The first-order chi connectivity index (χ1) is 9.50. The number of nitrogens with one attached hydrogen (secondary N) is 1. The van der Waals surface area contributed by atoms with E-state index in [0.29, 0.717) is 38.2 Å². The zero-order valence-corrected chi connectivity index (χ0v) is 11.6. The number of nitrogens with zero attached hydrogens (tertiary/aromatic N) is 2. The van der Waals surface area contributed by atoms with Crippen LogP contribution in [0.3, 0.4) is 0 Å². The molecule has 0 bridgehead atoms. The van der Waals surface area contributed by atoms with Gasteiger partial charge < -0.3 is 20.7 Å². The molecule has 1 aromatic heterocycles. The van der Waals surface area contributed by atoms with E-state index < -0.39 is 11.4 Å². The van der Waals surface area contributed by atoms with E-state index in [1.165, 1.54) is 6.33 Å². The second kappa shape index (κ2) is 5.52. The van der Waals surface area contributed by atoms with Gasteiger partial charge in [0.05, 0.1) is 11.7 Å². The first-order valence-corrected chi connectivity index (χ1v) is 6.81. The molecule has 2 rings (SSSR count).